The van der Waals surface area contributed by atoms with Crippen LogP contribution in [-0.2, 0) is 0 Å². The van der Waals surface area contributed by atoms with Crippen LogP contribution < -0.4 is 5.32 Å². The van der Waals surface area contributed by atoms with Crippen molar-refractivity contribution in [3.63, 3.8) is 0 Å². The summed E-state index contributed by atoms with van der Waals surface area (Å²) in [5, 5.41) is 3.75. The fourth-order valence-corrected chi connectivity index (χ4v) is 4.07. The standard InChI is InChI=1S/C18H10Br2N2O2S/c19-10-5-6-12(21-17(23)14-7-8-16(20)24-14)11(9-10)18-22-13-3-1-2-4-15(13)25-18/h1-9H,(H,21,23). The normalized spacial score (nSPS) is 11.0. The average molecular weight is 478 g/mol. The monoisotopic (exact) mass is 476 g/mol. The number of nitrogens with zero attached hydrogens (tertiary/aromatic N) is 1. The predicted molar refractivity (Wildman–Crippen MR) is 107 cm³/mol. The zero-order valence-corrected chi connectivity index (χ0v) is 16.6. The number of carbonyl (C=O) groups is 1. The molecule has 2 heterocycles. The van der Waals surface area contributed by atoms with Crippen molar-refractivity contribution in [2.24, 2.45) is 0 Å². The summed E-state index contributed by atoms with van der Waals surface area (Å²) in [6.45, 7) is 0. The van der Waals surface area contributed by atoms with Crippen molar-refractivity contribution in [2.45, 2.75) is 0 Å². The zero-order valence-electron chi connectivity index (χ0n) is 12.6. The number of amides is 1. The van der Waals surface area contributed by atoms with E-state index in [1.54, 1.807) is 23.5 Å². The van der Waals surface area contributed by atoms with Crippen LogP contribution in [0.5, 0.6) is 0 Å². The van der Waals surface area contributed by atoms with Crippen LogP contribution >= 0.6 is 43.2 Å². The molecule has 0 aliphatic carbocycles. The summed E-state index contributed by atoms with van der Waals surface area (Å²) >= 11 is 8.28. The molecule has 0 aliphatic rings. The Bertz CT molecular complexity index is 1050. The Morgan fingerprint density at radius 3 is 2.68 bits per heavy atom. The van der Waals surface area contributed by atoms with E-state index in [4.69, 9.17) is 4.42 Å². The molecule has 4 aromatic rings. The van der Waals surface area contributed by atoms with E-state index in [2.05, 4.69) is 42.2 Å². The molecule has 4 rings (SSSR count). The van der Waals surface area contributed by atoms with Crippen LogP contribution in [0, 0.1) is 0 Å². The van der Waals surface area contributed by atoms with Crippen LogP contribution in [0.1, 0.15) is 10.6 Å². The maximum Gasteiger partial charge on any atom is 0.291 e. The van der Waals surface area contributed by atoms with Crippen molar-refractivity contribution in [1.82, 2.24) is 4.98 Å². The van der Waals surface area contributed by atoms with Crippen molar-refractivity contribution >= 4 is 65.0 Å². The summed E-state index contributed by atoms with van der Waals surface area (Å²) in [7, 11) is 0. The van der Waals surface area contributed by atoms with Gasteiger partial charge in [-0.1, -0.05) is 28.1 Å². The number of rotatable bonds is 3. The molecule has 0 fully saturated rings. The predicted octanol–water partition coefficient (Wildman–Crippen LogP) is 6.33. The number of furan rings is 1. The van der Waals surface area contributed by atoms with Crippen LogP contribution in [0.25, 0.3) is 20.8 Å². The molecule has 0 radical (unpaired) electrons. The molecular formula is C18H10Br2N2O2S. The second-order valence-electron chi connectivity index (χ2n) is 5.23. The molecule has 0 unspecified atom stereocenters. The van der Waals surface area contributed by atoms with Gasteiger partial charge in [0.2, 0.25) is 0 Å². The van der Waals surface area contributed by atoms with Gasteiger partial charge in [0.1, 0.15) is 5.01 Å². The Morgan fingerprint density at radius 1 is 1.08 bits per heavy atom. The zero-order chi connectivity index (χ0) is 17.4. The molecule has 7 heteroatoms. The molecule has 2 aromatic carbocycles. The number of carbonyl (C=O) groups excluding carboxylic acids is 1. The second-order valence-corrected chi connectivity index (χ2v) is 7.96. The Hall–Kier alpha value is -1.96. The molecule has 0 spiro atoms. The highest BCUT2D eigenvalue weighted by molar-refractivity contribution is 9.10. The summed E-state index contributed by atoms with van der Waals surface area (Å²) < 4.78 is 7.85. The summed E-state index contributed by atoms with van der Waals surface area (Å²) in [5.74, 6) is -0.0690. The van der Waals surface area contributed by atoms with Crippen molar-refractivity contribution in [2.75, 3.05) is 5.32 Å². The van der Waals surface area contributed by atoms with Crippen molar-refractivity contribution in [3.05, 3.63) is 69.5 Å². The molecule has 0 aliphatic heterocycles. The molecule has 4 nitrogen and oxygen atoms in total. The minimum Gasteiger partial charge on any atom is -0.444 e. The molecular weight excluding hydrogens is 468 g/mol. The molecule has 0 saturated carbocycles. The first-order valence-electron chi connectivity index (χ1n) is 7.32. The lowest BCUT2D eigenvalue weighted by Crippen LogP contribution is -2.11. The first kappa shape index (κ1) is 16.5. The lowest BCUT2D eigenvalue weighted by atomic mass is 10.2. The average Bonchev–Trinajstić information content (AvgIpc) is 3.22. The van der Waals surface area contributed by atoms with Crippen LogP contribution in [0.4, 0.5) is 5.69 Å². The Balaban J connectivity index is 1.74. The highest BCUT2D eigenvalue weighted by Crippen LogP contribution is 2.36. The summed E-state index contributed by atoms with van der Waals surface area (Å²) in [4.78, 5) is 17.1. The minimum absolute atomic E-state index is 0.241. The van der Waals surface area contributed by atoms with Gasteiger partial charge in [0.25, 0.3) is 5.91 Å². The first-order chi connectivity index (χ1) is 12.1. The van der Waals surface area contributed by atoms with Gasteiger partial charge in [-0.25, -0.2) is 4.98 Å². The van der Waals surface area contributed by atoms with Crippen LogP contribution in [0.3, 0.4) is 0 Å². The smallest absolute Gasteiger partial charge is 0.291 e. The first-order valence-corrected chi connectivity index (χ1v) is 9.72. The number of aromatic nitrogens is 1. The lowest BCUT2D eigenvalue weighted by Gasteiger charge is -2.09. The van der Waals surface area contributed by atoms with Gasteiger partial charge in [0, 0.05) is 10.0 Å². The number of halogens is 2. The van der Waals surface area contributed by atoms with Gasteiger partial charge in [-0.05, 0) is 58.4 Å². The van der Waals surface area contributed by atoms with E-state index in [-0.39, 0.29) is 11.7 Å². The van der Waals surface area contributed by atoms with E-state index in [9.17, 15) is 4.79 Å². The van der Waals surface area contributed by atoms with Crippen LogP contribution in [0.2, 0.25) is 0 Å². The van der Waals surface area contributed by atoms with Gasteiger partial charge in [-0.3, -0.25) is 4.79 Å². The van der Waals surface area contributed by atoms with Crippen molar-refractivity contribution in [3.8, 4) is 10.6 Å². The van der Waals surface area contributed by atoms with Crippen molar-refractivity contribution in [1.29, 1.82) is 0 Å². The summed E-state index contributed by atoms with van der Waals surface area (Å²) in [6.07, 6.45) is 0. The van der Waals surface area contributed by atoms with E-state index < -0.39 is 0 Å². The number of para-hydroxylation sites is 1. The van der Waals surface area contributed by atoms with Gasteiger partial charge in [-0.15, -0.1) is 11.3 Å². The van der Waals surface area contributed by atoms with Gasteiger partial charge < -0.3 is 9.73 Å². The third kappa shape index (κ3) is 3.40. The minimum atomic E-state index is -0.310. The van der Waals surface area contributed by atoms with E-state index in [0.29, 0.717) is 10.4 Å². The Labute approximate surface area is 164 Å². The highest BCUT2D eigenvalue weighted by Gasteiger charge is 2.16. The number of fused-ring (bicyclic) bond motifs is 1. The molecule has 0 bridgehead atoms. The molecule has 0 saturated heterocycles. The number of anilines is 1. The Kier molecular flexibility index (Phi) is 4.45. The largest absolute Gasteiger partial charge is 0.444 e. The molecule has 2 aromatic heterocycles. The van der Waals surface area contributed by atoms with Crippen LogP contribution in [0.15, 0.2) is 68.2 Å². The fraction of sp³-hybridized carbons (Fsp3) is 0. The molecule has 1 amide bonds. The second kappa shape index (κ2) is 6.74. The van der Waals surface area contributed by atoms with Gasteiger partial charge in [0.05, 0.1) is 15.9 Å². The number of benzene rings is 2. The van der Waals surface area contributed by atoms with E-state index in [1.165, 1.54) is 0 Å². The molecule has 25 heavy (non-hydrogen) atoms. The van der Waals surface area contributed by atoms with Gasteiger partial charge in [0.15, 0.2) is 10.4 Å². The topological polar surface area (TPSA) is 55.1 Å². The third-order valence-electron chi connectivity index (χ3n) is 3.55. The van der Waals surface area contributed by atoms with Crippen LogP contribution in [-0.4, -0.2) is 10.9 Å². The number of nitrogens with one attached hydrogen (secondary N) is 1. The molecule has 0 atom stereocenters. The highest BCUT2D eigenvalue weighted by atomic mass is 79.9. The molecule has 124 valence electrons. The maximum absolute atomic E-state index is 12.4. The van der Waals surface area contributed by atoms with E-state index in [0.717, 1.165) is 25.3 Å². The van der Waals surface area contributed by atoms with Gasteiger partial charge in [-0.2, -0.15) is 0 Å². The van der Waals surface area contributed by atoms with E-state index >= 15 is 0 Å². The van der Waals surface area contributed by atoms with Gasteiger partial charge >= 0.3 is 0 Å². The maximum atomic E-state index is 12.4. The number of hydrogen-bond donors (Lipinski definition) is 1. The SMILES string of the molecule is O=C(Nc1ccc(Br)cc1-c1nc2ccccc2s1)c1ccc(Br)o1. The van der Waals surface area contributed by atoms with Crippen molar-refractivity contribution < 1.29 is 9.21 Å². The van der Waals surface area contributed by atoms with E-state index in [1.807, 2.05) is 42.5 Å². The summed E-state index contributed by atoms with van der Waals surface area (Å²) in [6, 6.07) is 16.9. The molecule has 1 N–H and O–H groups in total. The number of thiazole rings is 1. The quantitative estimate of drug-likeness (QED) is 0.374. The fourth-order valence-electron chi connectivity index (χ4n) is 2.41. The summed E-state index contributed by atoms with van der Waals surface area (Å²) in [5.41, 5.74) is 2.48. The third-order valence-corrected chi connectivity index (χ3v) is 5.54. The number of hydrogen-bond acceptors (Lipinski definition) is 4. The lowest BCUT2D eigenvalue weighted by molar-refractivity contribution is 0.0995. The Morgan fingerprint density at radius 2 is 1.92 bits per heavy atom.